The number of rotatable bonds is 4. The largest absolute Gasteiger partial charge is 0.438 e. The molecule has 11 atom stereocenters. The number of Topliss-reactive ketones (excluding diaryl/α,β-unsaturated/α-hetero) is 1. The van der Waals surface area contributed by atoms with E-state index in [9.17, 15) is 9.59 Å². The van der Waals surface area contributed by atoms with Gasteiger partial charge in [0.25, 0.3) is 0 Å². The number of fused-ring (bicyclic) bond motifs is 9. The van der Waals surface area contributed by atoms with E-state index in [1.54, 1.807) is 0 Å². The van der Waals surface area contributed by atoms with Gasteiger partial charge in [0.05, 0.1) is 12.0 Å². The Kier molecular flexibility index (Phi) is 7.24. The standard InChI is InChI=1S/C36H56O6/c1-10-39-21-40-30(38)36-16-13-22(2)23(3)28(36)24-11-12-27-32(6)19-25(37)29-33(7,20-41-31(4,5)42-29)26(32)14-15-35(27,9)34(24,8)17-18-36/h11,22-23,26-29H,10,12-21H2,1-9H3/t22-,23+,26?,27-,28+,29?,32+,33?,34-,35-,36+/m1/s1. The van der Waals surface area contributed by atoms with Gasteiger partial charge in [-0.25, -0.2) is 0 Å². The first-order valence-electron chi connectivity index (χ1n) is 16.9. The van der Waals surface area contributed by atoms with E-state index in [1.807, 2.05) is 20.8 Å². The molecule has 0 radical (unpaired) electrons. The van der Waals surface area contributed by atoms with Crippen LogP contribution in [0, 0.1) is 56.7 Å². The minimum Gasteiger partial charge on any atom is -0.438 e. The van der Waals surface area contributed by atoms with E-state index in [2.05, 4.69) is 47.6 Å². The van der Waals surface area contributed by atoms with Gasteiger partial charge in [-0.05, 0) is 112 Å². The van der Waals surface area contributed by atoms with Crippen molar-refractivity contribution in [1.29, 1.82) is 0 Å². The third-order valence-electron chi connectivity index (χ3n) is 14.5. The summed E-state index contributed by atoms with van der Waals surface area (Å²) in [6.45, 7) is 21.4. The average Bonchev–Trinajstić information content (AvgIpc) is 2.92. The summed E-state index contributed by atoms with van der Waals surface area (Å²) in [6.07, 6.45) is 9.74. The molecule has 6 rings (SSSR count). The van der Waals surface area contributed by atoms with Gasteiger partial charge in [0.1, 0.15) is 6.10 Å². The van der Waals surface area contributed by atoms with Crippen LogP contribution in [0.5, 0.6) is 0 Å². The molecule has 0 aromatic rings. The van der Waals surface area contributed by atoms with E-state index in [0.717, 1.165) is 44.9 Å². The molecule has 4 saturated carbocycles. The zero-order valence-electron chi connectivity index (χ0n) is 27.8. The molecule has 5 fully saturated rings. The number of carbonyl (C=O) groups is 2. The normalized spacial score (nSPS) is 51.2. The lowest BCUT2D eigenvalue weighted by Gasteiger charge is -2.71. The van der Waals surface area contributed by atoms with E-state index < -0.39 is 17.3 Å². The molecular weight excluding hydrogens is 528 g/mol. The van der Waals surface area contributed by atoms with Gasteiger partial charge in [0.2, 0.25) is 0 Å². The minimum atomic E-state index is -0.723. The van der Waals surface area contributed by atoms with Crippen LogP contribution in [0.25, 0.3) is 0 Å². The predicted octanol–water partition coefficient (Wildman–Crippen LogP) is 7.49. The third-order valence-corrected chi connectivity index (χ3v) is 14.5. The summed E-state index contributed by atoms with van der Waals surface area (Å²) in [5, 5.41) is 0. The molecule has 6 aliphatic rings. The predicted molar refractivity (Wildman–Crippen MR) is 161 cm³/mol. The van der Waals surface area contributed by atoms with Gasteiger partial charge in [0, 0.05) is 18.4 Å². The van der Waals surface area contributed by atoms with Crippen LogP contribution in [0.4, 0.5) is 0 Å². The van der Waals surface area contributed by atoms with Gasteiger partial charge in [-0.1, -0.05) is 53.2 Å². The second-order valence-electron chi connectivity index (χ2n) is 16.7. The van der Waals surface area contributed by atoms with Gasteiger partial charge in [0.15, 0.2) is 18.4 Å². The van der Waals surface area contributed by atoms with Crippen LogP contribution in [0.3, 0.4) is 0 Å². The zero-order valence-corrected chi connectivity index (χ0v) is 27.8. The maximum Gasteiger partial charge on any atom is 0.314 e. The first kappa shape index (κ1) is 30.8. The molecule has 6 heteroatoms. The molecular formula is C36H56O6. The van der Waals surface area contributed by atoms with Crippen molar-refractivity contribution in [2.75, 3.05) is 20.0 Å². The van der Waals surface area contributed by atoms with E-state index in [4.69, 9.17) is 18.9 Å². The van der Waals surface area contributed by atoms with Crippen LogP contribution in [-0.4, -0.2) is 43.7 Å². The summed E-state index contributed by atoms with van der Waals surface area (Å²) in [4.78, 5) is 27.9. The molecule has 1 aliphatic heterocycles. The molecule has 0 N–H and O–H groups in total. The van der Waals surface area contributed by atoms with Gasteiger partial charge >= 0.3 is 5.97 Å². The summed E-state index contributed by atoms with van der Waals surface area (Å²) >= 11 is 0. The smallest absolute Gasteiger partial charge is 0.314 e. The number of allylic oxidation sites excluding steroid dienone is 2. The molecule has 0 amide bonds. The Morgan fingerprint density at radius 2 is 1.71 bits per heavy atom. The van der Waals surface area contributed by atoms with E-state index >= 15 is 0 Å². The highest BCUT2D eigenvalue weighted by Gasteiger charge is 2.72. The van der Waals surface area contributed by atoms with Crippen LogP contribution in [0.15, 0.2) is 11.6 Å². The zero-order chi connectivity index (χ0) is 30.5. The second-order valence-corrected chi connectivity index (χ2v) is 16.7. The van der Waals surface area contributed by atoms with E-state index in [-0.39, 0.29) is 46.1 Å². The highest BCUT2D eigenvalue weighted by Crippen LogP contribution is 2.76. The molecule has 1 heterocycles. The quantitative estimate of drug-likeness (QED) is 0.148. The molecule has 1 saturated heterocycles. The maximum absolute atomic E-state index is 14.0. The molecule has 3 unspecified atom stereocenters. The Labute approximate surface area is 254 Å². The molecule has 0 bridgehead atoms. The van der Waals surface area contributed by atoms with Gasteiger partial charge in [-0.15, -0.1) is 0 Å². The number of carbonyl (C=O) groups excluding carboxylic acids is 2. The number of ether oxygens (including phenoxy) is 4. The third kappa shape index (κ3) is 3.99. The van der Waals surface area contributed by atoms with Gasteiger partial charge in [-0.2, -0.15) is 0 Å². The summed E-state index contributed by atoms with van der Waals surface area (Å²) in [7, 11) is 0. The highest BCUT2D eigenvalue weighted by atomic mass is 16.7. The van der Waals surface area contributed by atoms with Crippen molar-refractivity contribution in [3.8, 4) is 0 Å². The number of hydrogen-bond donors (Lipinski definition) is 0. The van der Waals surface area contributed by atoms with Crippen molar-refractivity contribution in [1.82, 2.24) is 0 Å². The van der Waals surface area contributed by atoms with Crippen molar-refractivity contribution in [2.45, 2.75) is 126 Å². The fourth-order valence-corrected chi connectivity index (χ4v) is 11.9. The topological polar surface area (TPSA) is 71.1 Å². The fourth-order valence-electron chi connectivity index (χ4n) is 11.9. The van der Waals surface area contributed by atoms with Crippen LogP contribution >= 0.6 is 0 Å². The first-order chi connectivity index (χ1) is 19.6. The summed E-state index contributed by atoms with van der Waals surface area (Å²) in [5.41, 5.74) is 0.633. The van der Waals surface area contributed by atoms with Crippen LogP contribution in [0.1, 0.15) is 114 Å². The molecule has 42 heavy (non-hydrogen) atoms. The Morgan fingerprint density at radius 3 is 2.43 bits per heavy atom. The SMILES string of the molecule is CCOCOC(=O)[C@]12CC[C@@H](C)[C@H](C)[C@H]1C1=CC[C@@H]3[C@@]4(C)CC(=O)C5OC(C)(C)OCC5(C)C4CC[C@@]3(C)[C@]1(C)CC2. The van der Waals surface area contributed by atoms with Gasteiger partial charge < -0.3 is 18.9 Å². The highest BCUT2D eigenvalue weighted by molar-refractivity contribution is 5.86. The first-order valence-corrected chi connectivity index (χ1v) is 16.9. The monoisotopic (exact) mass is 584 g/mol. The van der Waals surface area contributed by atoms with E-state index in [0.29, 0.717) is 43.3 Å². The molecule has 0 aromatic heterocycles. The van der Waals surface area contributed by atoms with Crippen molar-refractivity contribution in [2.24, 2.45) is 56.7 Å². The van der Waals surface area contributed by atoms with Crippen LogP contribution in [0.2, 0.25) is 0 Å². The van der Waals surface area contributed by atoms with Gasteiger partial charge in [-0.3, -0.25) is 9.59 Å². The number of esters is 1. The number of hydrogen-bond acceptors (Lipinski definition) is 6. The van der Waals surface area contributed by atoms with Crippen LogP contribution < -0.4 is 0 Å². The fraction of sp³-hybridized carbons (Fsp3) is 0.889. The molecule has 0 aromatic carbocycles. The molecule has 0 spiro atoms. The Morgan fingerprint density at radius 1 is 0.976 bits per heavy atom. The van der Waals surface area contributed by atoms with Crippen molar-refractivity contribution in [3.05, 3.63) is 11.6 Å². The Balaban J connectivity index is 1.39. The average molecular weight is 585 g/mol. The van der Waals surface area contributed by atoms with Crippen molar-refractivity contribution < 1.29 is 28.5 Å². The van der Waals surface area contributed by atoms with E-state index in [1.165, 1.54) is 5.57 Å². The minimum absolute atomic E-state index is 0.0219. The molecule has 6 nitrogen and oxygen atoms in total. The lowest BCUT2D eigenvalue weighted by molar-refractivity contribution is -0.336. The van der Waals surface area contributed by atoms with Crippen molar-refractivity contribution in [3.63, 3.8) is 0 Å². The molecule has 5 aliphatic carbocycles. The summed E-state index contributed by atoms with van der Waals surface area (Å²) < 4.78 is 23.9. The summed E-state index contributed by atoms with van der Waals surface area (Å²) in [5.74, 6) is 1.40. The molecule has 236 valence electrons. The Hall–Kier alpha value is -1.24. The van der Waals surface area contributed by atoms with Crippen molar-refractivity contribution >= 4 is 11.8 Å². The Bertz CT molecular complexity index is 1160. The maximum atomic E-state index is 14.0. The lowest BCUT2D eigenvalue weighted by Crippen LogP contribution is -2.70. The number of ketones is 1. The lowest BCUT2D eigenvalue weighted by atomic mass is 9.33. The summed E-state index contributed by atoms with van der Waals surface area (Å²) in [6, 6.07) is 0. The second kappa shape index (κ2) is 9.88. The van der Waals surface area contributed by atoms with Crippen LogP contribution in [-0.2, 0) is 28.5 Å².